The van der Waals surface area contributed by atoms with Crippen LogP contribution in [0.4, 0.5) is 0 Å². The first kappa shape index (κ1) is 14.9. The molecule has 0 saturated carbocycles. The van der Waals surface area contributed by atoms with Crippen molar-refractivity contribution in [3.63, 3.8) is 0 Å². The monoisotopic (exact) mass is 288 g/mol. The van der Waals surface area contributed by atoms with Crippen molar-refractivity contribution in [2.75, 3.05) is 5.75 Å². The number of aromatic nitrogens is 1. The quantitative estimate of drug-likeness (QED) is 0.794. The first-order valence-corrected chi connectivity index (χ1v) is 7.74. The number of carboxylic acid groups (broad SMARTS) is 1. The standard InChI is InChI=1S/C16H19NO2S/c1-4-12-11(3)17-14-6-5-10(2)9-13(14)16(12)20-8-7-15(18)19/h5-6,9H,4,7-8H2,1-3H3,(H,18,19)/p-1. The molecule has 0 unspecified atom stereocenters. The summed E-state index contributed by atoms with van der Waals surface area (Å²) in [6.45, 7) is 6.18. The molecule has 0 amide bonds. The maximum atomic E-state index is 10.6. The van der Waals surface area contributed by atoms with Gasteiger partial charge in [0.2, 0.25) is 0 Å². The van der Waals surface area contributed by atoms with Crippen LogP contribution in [-0.2, 0) is 11.2 Å². The number of benzene rings is 1. The Morgan fingerprint density at radius 1 is 1.35 bits per heavy atom. The zero-order valence-electron chi connectivity index (χ0n) is 12.0. The predicted molar refractivity (Wildman–Crippen MR) is 80.9 cm³/mol. The summed E-state index contributed by atoms with van der Waals surface area (Å²) in [5, 5.41) is 11.7. The fourth-order valence-electron chi connectivity index (χ4n) is 2.32. The minimum absolute atomic E-state index is 0.0719. The molecule has 0 atom stereocenters. The van der Waals surface area contributed by atoms with E-state index in [1.807, 2.05) is 13.0 Å². The highest BCUT2D eigenvalue weighted by Crippen LogP contribution is 2.33. The Balaban J connectivity index is 2.51. The molecule has 0 bridgehead atoms. The summed E-state index contributed by atoms with van der Waals surface area (Å²) in [7, 11) is 0. The van der Waals surface area contributed by atoms with E-state index in [1.54, 1.807) is 11.8 Å². The highest BCUT2D eigenvalue weighted by molar-refractivity contribution is 7.99. The number of aliphatic carboxylic acids is 1. The molecule has 1 aromatic carbocycles. The summed E-state index contributed by atoms with van der Waals surface area (Å²) in [6, 6.07) is 6.21. The molecule has 106 valence electrons. The lowest BCUT2D eigenvalue weighted by Gasteiger charge is -2.14. The van der Waals surface area contributed by atoms with Crippen LogP contribution in [0, 0.1) is 13.8 Å². The molecule has 0 spiro atoms. The molecular weight excluding hydrogens is 270 g/mol. The smallest absolute Gasteiger partial charge is 0.0716 e. The summed E-state index contributed by atoms with van der Waals surface area (Å²) in [4.78, 5) is 16.4. The SMILES string of the molecule is CCc1c(C)nc2ccc(C)cc2c1SCCC(=O)[O-]. The summed E-state index contributed by atoms with van der Waals surface area (Å²) < 4.78 is 0. The van der Waals surface area contributed by atoms with Crippen LogP contribution in [0.1, 0.15) is 30.2 Å². The molecular formula is C16H18NO2S-. The summed E-state index contributed by atoms with van der Waals surface area (Å²) in [5.74, 6) is -0.469. The van der Waals surface area contributed by atoms with Crippen LogP contribution in [0.15, 0.2) is 23.1 Å². The Morgan fingerprint density at radius 3 is 2.75 bits per heavy atom. The average Bonchev–Trinajstić information content (AvgIpc) is 2.39. The van der Waals surface area contributed by atoms with Crippen molar-refractivity contribution in [2.45, 2.75) is 38.5 Å². The number of thioether (sulfide) groups is 1. The van der Waals surface area contributed by atoms with Gasteiger partial charge < -0.3 is 9.90 Å². The third-order valence-corrected chi connectivity index (χ3v) is 4.47. The Bertz CT molecular complexity index is 652. The van der Waals surface area contributed by atoms with Gasteiger partial charge >= 0.3 is 0 Å². The molecule has 20 heavy (non-hydrogen) atoms. The Kier molecular flexibility index (Phi) is 4.65. The highest BCUT2D eigenvalue weighted by atomic mass is 32.2. The Labute approximate surface area is 123 Å². The summed E-state index contributed by atoms with van der Waals surface area (Å²) >= 11 is 1.59. The van der Waals surface area contributed by atoms with Crippen LogP contribution in [0.25, 0.3) is 10.9 Å². The van der Waals surface area contributed by atoms with Crippen molar-refractivity contribution in [1.29, 1.82) is 0 Å². The average molecular weight is 288 g/mol. The number of pyridine rings is 1. The van der Waals surface area contributed by atoms with E-state index in [1.165, 1.54) is 16.0 Å². The maximum absolute atomic E-state index is 10.6. The van der Waals surface area contributed by atoms with Crippen molar-refractivity contribution >= 4 is 28.6 Å². The van der Waals surface area contributed by atoms with Crippen LogP contribution in [0.2, 0.25) is 0 Å². The molecule has 0 aliphatic carbocycles. The van der Waals surface area contributed by atoms with Crippen LogP contribution >= 0.6 is 11.8 Å². The number of hydrogen-bond donors (Lipinski definition) is 0. The van der Waals surface area contributed by atoms with Crippen molar-refractivity contribution < 1.29 is 9.90 Å². The number of nitrogens with zero attached hydrogens (tertiary/aromatic N) is 1. The number of aryl methyl sites for hydroxylation is 2. The second-order valence-electron chi connectivity index (χ2n) is 4.85. The number of hydrogen-bond acceptors (Lipinski definition) is 4. The van der Waals surface area contributed by atoms with Gasteiger partial charge in [-0.3, -0.25) is 4.98 Å². The molecule has 0 radical (unpaired) electrons. The topological polar surface area (TPSA) is 53.0 Å². The first-order valence-electron chi connectivity index (χ1n) is 6.75. The van der Waals surface area contributed by atoms with Gasteiger partial charge in [-0.1, -0.05) is 18.6 Å². The second kappa shape index (κ2) is 6.27. The molecule has 2 aromatic rings. The van der Waals surface area contributed by atoms with Crippen molar-refractivity contribution in [2.24, 2.45) is 0 Å². The van der Waals surface area contributed by atoms with E-state index in [2.05, 4.69) is 31.0 Å². The summed E-state index contributed by atoms with van der Waals surface area (Å²) in [5.41, 5.74) is 4.40. The molecule has 0 aliphatic heterocycles. The van der Waals surface area contributed by atoms with Gasteiger partial charge in [0.1, 0.15) is 0 Å². The highest BCUT2D eigenvalue weighted by Gasteiger charge is 2.12. The number of rotatable bonds is 5. The van der Waals surface area contributed by atoms with Gasteiger partial charge in [-0.2, -0.15) is 0 Å². The van der Waals surface area contributed by atoms with E-state index in [0.29, 0.717) is 5.75 Å². The fourth-order valence-corrected chi connectivity index (χ4v) is 3.58. The third-order valence-electron chi connectivity index (χ3n) is 3.30. The van der Waals surface area contributed by atoms with Crippen LogP contribution in [0.5, 0.6) is 0 Å². The molecule has 0 fully saturated rings. The van der Waals surface area contributed by atoms with Gasteiger partial charge in [0.25, 0.3) is 0 Å². The van der Waals surface area contributed by atoms with Crippen LogP contribution in [-0.4, -0.2) is 16.7 Å². The normalized spacial score (nSPS) is 10.9. The molecule has 4 heteroatoms. The lowest BCUT2D eigenvalue weighted by atomic mass is 10.1. The number of fused-ring (bicyclic) bond motifs is 1. The zero-order chi connectivity index (χ0) is 14.7. The first-order chi connectivity index (χ1) is 9.52. The Morgan fingerprint density at radius 2 is 2.10 bits per heavy atom. The van der Waals surface area contributed by atoms with Gasteiger partial charge in [-0.25, -0.2) is 0 Å². The number of carbonyl (C=O) groups is 1. The number of carboxylic acids is 1. The minimum Gasteiger partial charge on any atom is -0.550 e. The van der Waals surface area contributed by atoms with Gasteiger partial charge in [0.05, 0.1) is 5.52 Å². The molecule has 0 N–H and O–H groups in total. The van der Waals surface area contributed by atoms with E-state index in [9.17, 15) is 9.90 Å². The van der Waals surface area contributed by atoms with Gasteiger partial charge in [0.15, 0.2) is 0 Å². The zero-order valence-corrected chi connectivity index (χ0v) is 12.8. The van der Waals surface area contributed by atoms with Crippen molar-refractivity contribution in [3.05, 3.63) is 35.0 Å². The van der Waals surface area contributed by atoms with E-state index < -0.39 is 5.97 Å². The maximum Gasteiger partial charge on any atom is 0.0716 e. The third kappa shape index (κ3) is 3.12. The Hall–Kier alpha value is -1.55. The van der Waals surface area contributed by atoms with Gasteiger partial charge in [-0.15, -0.1) is 11.8 Å². The van der Waals surface area contributed by atoms with Gasteiger partial charge in [0, 0.05) is 27.7 Å². The van der Waals surface area contributed by atoms with Crippen molar-refractivity contribution in [3.8, 4) is 0 Å². The lowest BCUT2D eigenvalue weighted by molar-refractivity contribution is -0.305. The molecule has 0 aliphatic rings. The lowest BCUT2D eigenvalue weighted by Crippen LogP contribution is -2.22. The van der Waals surface area contributed by atoms with E-state index in [-0.39, 0.29) is 6.42 Å². The van der Waals surface area contributed by atoms with E-state index in [4.69, 9.17) is 0 Å². The molecule has 3 nitrogen and oxygen atoms in total. The largest absolute Gasteiger partial charge is 0.550 e. The fraction of sp³-hybridized carbons (Fsp3) is 0.375. The molecule has 1 heterocycles. The second-order valence-corrected chi connectivity index (χ2v) is 5.95. The van der Waals surface area contributed by atoms with E-state index in [0.717, 1.165) is 23.0 Å². The summed E-state index contributed by atoms with van der Waals surface area (Å²) in [6.07, 6.45) is 0.971. The molecule has 1 aromatic heterocycles. The van der Waals surface area contributed by atoms with Gasteiger partial charge in [-0.05, 0) is 44.4 Å². The van der Waals surface area contributed by atoms with Crippen molar-refractivity contribution in [1.82, 2.24) is 4.98 Å². The predicted octanol–water partition coefficient (Wildman–Crippen LogP) is 2.65. The van der Waals surface area contributed by atoms with E-state index >= 15 is 0 Å². The molecule has 2 rings (SSSR count). The molecule has 0 saturated heterocycles. The minimum atomic E-state index is -0.998. The number of carbonyl (C=O) groups excluding carboxylic acids is 1. The van der Waals surface area contributed by atoms with Crippen LogP contribution in [0.3, 0.4) is 0 Å². The van der Waals surface area contributed by atoms with Crippen LogP contribution < -0.4 is 5.11 Å².